The zero-order valence-electron chi connectivity index (χ0n) is 13.3. The number of benzene rings is 3. The van der Waals surface area contributed by atoms with Crippen LogP contribution in [0.3, 0.4) is 0 Å². The fourth-order valence-corrected chi connectivity index (χ4v) is 2.36. The first-order valence-corrected chi connectivity index (χ1v) is 7.85. The van der Waals surface area contributed by atoms with E-state index in [1.54, 1.807) is 6.08 Å². The SMILES string of the molecule is O=C(/C=C/c1ccccc1)OCc1ccc(-c2ccccc2)cc1. The average molecular weight is 314 g/mol. The molecule has 0 unspecified atom stereocenters. The molecule has 0 aliphatic rings. The van der Waals surface area contributed by atoms with Crippen molar-refractivity contribution in [1.29, 1.82) is 0 Å². The standard InChI is InChI=1S/C22H18O2/c23-22(16-13-18-7-3-1-4-8-18)24-17-19-11-14-21(15-12-19)20-9-5-2-6-10-20/h1-16H,17H2/b16-13+. The zero-order chi connectivity index (χ0) is 16.6. The van der Waals surface area contributed by atoms with E-state index < -0.39 is 0 Å². The second kappa shape index (κ2) is 7.93. The van der Waals surface area contributed by atoms with E-state index in [2.05, 4.69) is 12.1 Å². The highest BCUT2D eigenvalue weighted by Gasteiger charge is 2.01. The summed E-state index contributed by atoms with van der Waals surface area (Å²) in [6, 6.07) is 27.9. The van der Waals surface area contributed by atoms with Gasteiger partial charge in [0.1, 0.15) is 6.61 Å². The van der Waals surface area contributed by atoms with E-state index in [1.807, 2.05) is 72.8 Å². The number of hydrogen-bond donors (Lipinski definition) is 0. The molecule has 0 radical (unpaired) electrons. The molecule has 2 heteroatoms. The summed E-state index contributed by atoms with van der Waals surface area (Å²) in [6.07, 6.45) is 3.20. The Balaban J connectivity index is 1.55. The minimum absolute atomic E-state index is 0.271. The maximum absolute atomic E-state index is 11.8. The van der Waals surface area contributed by atoms with E-state index >= 15 is 0 Å². The van der Waals surface area contributed by atoms with Crippen LogP contribution in [0.4, 0.5) is 0 Å². The Hall–Kier alpha value is -3.13. The quantitative estimate of drug-likeness (QED) is 0.483. The Morgan fingerprint density at radius 2 is 1.33 bits per heavy atom. The normalized spacial score (nSPS) is 10.7. The number of esters is 1. The van der Waals surface area contributed by atoms with Crippen molar-refractivity contribution in [2.24, 2.45) is 0 Å². The minimum Gasteiger partial charge on any atom is -0.458 e. The van der Waals surface area contributed by atoms with Gasteiger partial charge in [-0.3, -0.25) is 0 Å². The van der Waals surface area contributed by atoms with Gasteiger partial charge >= 0.3 is 5.97 Å². The van der Waals surface area contributed by atoms with Gasteiger partial charge in [-0.15, -0.1) is 0 Å². The molecule has 0 amide bonds. The Bertz CT molecular complexity index is 804. The molecule has 0 spiro atoms. The van der Waals surface area contributed by atoms with Gasteiger partial charge in [-0.2, -0.15) is 0 Å². The van der Waals surface area contributed by atoms with E-state index in [0.717, 1.165) is 16.7 Å². The van der Waals surface area contributed by atoms with Crippen molar-refractivity contribution < 1.29 is 9.53 Å². The van der Waals surface area contributed by atoms with E-state index in [-0.39, 0.29) is 12.6 Å². The van der Waals surface area contributed by atoms with Gasteiger partial charge in [0.2, 0.25) is 0 Å². The molecule has 0 aromatic heterocycles. The highest BCUT2D eigenvalue weighted by molar-refractivity contribution is 5.87. The lowest BCUT2D eigenvalue weighted by Crippen LogP contribution is -2.00. The molecule has 3 rings (SSSR count). The van der Waals surface area contributed by atoms with Crippen LogP contribution in [0.1, 0.15) is 11.1 Å². The Kier molecular flexibility index (Phi) is 5.21. The Morgan fingerprint density at radius 1 is 0.750 bits per heavy atom. The largest absolute Gasteiger partial charge is 0.458 e. The summed E-state index contributed by atoms with van der Waals surface area (Å²) in [5.41, 5.74) is 4.26. The summed E-state index contributed by atoms with van der Waals surface area (Å²) in [5.74, 6) is -0.342. The van der Waals surface area contributed by atoms with Crippen LogP contribution in [0.5, 0.6) is 0 Å². The van der Waals surface area contributed by atoms with Crippen molar-refractivity contribution in [2.75, 3.05) is 0 Å². The second-order valence-electron chi connectivity index (χ2n) is 5.41. The molecule has 0 bridgehead atoms. The predicted molar refractivity (Wildman–Crippen MR) is 97.2 cm³/mol. The second-order valence-corrected chi connectivity index (χ2v) is 5.41. The summed E-state index contributed by atoms with van der Waals surface area (Å²) < 4.78 is 5.27. The summed E-state index contributed by atoms with van der Waals surface area (Å²) in [4.78, 5) is 11.8. The summed E-state index contributed by atoms with van der Waals surface area (Å²) in [5, 5.41) is 0. The molecule has 0 aliphatic carbocycles. The highest BCUT2D eigenvalue weighted by atomic mass is 16.5. The Labute approximate surface area is 142 Å². The first kappa shape index (κ1) is 15.8. The monoisotopic (exact) mass is 314 g/mol. The number of carbonyl (C=O) groups is 1. The van der Waals surface area contributed by atoms with E-state index in [4.69, 9.17) is 4.74 Å². The van der Waals surface area contributed by atoms with Crippen molar-refractivity contribution in [1.82, 2.24) is 0 Å². The van der Waals surface area contributed by atoms with Crippen LogP contribution in [-0.2, 0) is 16.1 Å². The van der Waals surface area contributed by atoms with Crippen molar-refractivity contribution in [2.45, 2.75) is 6.61 Å². The van der Waals surface area contributed by atoms with Crippen LogP contribution in [0.15, 0.2) is 91.0 Å². The molecule has 3 aromatic carbocycles. The third-order valence-corrected chi connectivity index (χ3v) is 3.65. The van der Waals surface area contributed by atoms with Crippen LogP contribution in [0.25, 0.3) is 17.2 Å². The van der Waals surface area contributed by atoms with Gasteiger partial charge in [0.15, 0.2) is 0 Å². The molecule has 0 saturated carbocycles. The summed E-state index contributed by atoms with van der Waals surface area (Å²) in [6.45, 7) is 0.271. The van der Waals surface area contributed by atoms with Gasteiger partial charge in [-0.05, 0) is 28.3 Å². The van der Waals surface area contributed by atoms with Crippen molar-refractivity contribution in [3.63, 3.8) is 0 Å². The predicted octanol–water partition coefficient (Wildman–Crippen LogP) is 5.11. The van der Waals surface area contributed by atoms with Crippen molar-refractivity contribution >= 4 is 12.0 Å². The molecule has 0 aliphatic heterocycles. The van der Waals surface area contributed by atoms with Gasteiger partial charge < -0.3 is 4.74 Å². The molecule has 0 fully saturated rings. The summed E-state index contributed by atoms with van der Waals surface area (Å²) >= 11 is 0. The van der Waals surface area contributed by atoms with E-state index in [0.29, 0.717) is 0 Å². The molecule has 3 aromatic rings. The molecule has 2 nitrogen and oxygen atoms in total. The fraction of sp³-hybridized carbons (Fsp3) is 0.0455. The van der Waals surface area contributed by atoms with Crippen LogP contribution < -0.4 is 0 Å². The maximum atomic E-state index is 11.8. The molecular formula is C22H18O2. The van der Waals surface area contributed by atoms with Gasteiger partial charge in [-0.25, -0.2) is 4.79 Å². The lowest BCUT2D eigenvalue weighted by molar-refractivity contribution is -0.138. The molecule has 118 valence electrons. The lowest BCUT2D eigenvalue weighted by Gasteiger charge is -2.05. The maximum Gasteiger partial charge on any atom is 0.331 e. The fourth-order valence-electron chi connectivity index (χ4n) is 2.36. The van der Waals surface area contributed by atoms with Gasteiger partial charge in [-0.1, -0.05) is 84.9 Å². The lowest BCUT2D eigenvalue weighted by atomic mass is 10.0. The van der Waals surface area contributed by atoms with Crippen molar-refractivity contribution in [3.8, 4) is 11.1 Å². The van der Waals surface area contributed by atoms with Crippen LogP contribution in [0.2, 0.25) is 0 Å². The minimum atomic E-state index is -0.342. The molecule has 0 saturated heterocycles. The van der Waals surface area contributed by atoms with E-state index in [1.165, 1.54) is 11.6 Å². The molecule has 0 atom stereocenters. The van der Waals surface area contributed by atoms with Gasteiger partial charge in [0.05, 0.1) is 0 Å². The number of ether oxygens (including phenoxy) is 1. The van der Waals surface area contributed by atoms with E-state index in [9.17, 15) is 4.79 Å². The molecule has 24 heavy (non-hydrogen) atoms. The number of hydrogen-bond acceptors (Lipinski definition) is 2. The number of carbonyl (C=O) groups excluding carboxylic acids is 1. The smallest absolute Gasteiger partial charge is 0.331 e. The first-order chi connectivity index (χ1) is 11.8. The number of rotatable bonds is 5. The Morgan fingerprint density at radius 3 is 2.00 bits per heavy atom. The third-order valence-electron chi connectivity index (χ3n) is 3.65. The molecule has 0 heterocycles. The van der Waals surface area contributed by atoms with Gasteiger partial charge in [0.25, 0.3) is 0 Å². The van der Waals surface area contributed by atoms with Crippen LogP contribution >= 0.6 is 0 Å². The zero-order valence-corrected chi connectivity index (χ0v) is 13.3. The van der Waals surface area contributed by atoms with Crippen molar-refractivity contribution in [3.05, 3.63) is 102 Å². The topological polar surface area (TPSA) is 26.3 Å². The van der Waals surface area contributed by atoms with Gasteiger partial charge in [0, 0.05) is 6.08 Å². The summed E-state index contributed by atoms with van der Waals surface area (Å²) in [7, 11) is 0. The first-order valence-electron chi connectivity index (χ1n) is 7.85. The molecular weight excluding hydrogens is 296 g/mol. The highest BCUT2D eigenvalue weighted by Crippen LogP contribution is 2.19. The van der Waals surface area contributed by atoms with Crippen LogP contribution in [0, 0.1) is 0 Å². The van der Waals surface area contributed by atoms with Crippen LogP contribution in [-0.4, -0.2) is 5.97 Å². The molecule has 0 N–H and O–H groups in total. The third kappa shape index (κ3) is 4.43. The average Bonchev–Trinajstić information content (AvgIpc) is 2.67.